The highest BCUT2D eigenvalue weighted by atomic mass is 16.5. The van der Waals surface area contributed by atoms with E-state index in [1.165, 1.54) is 5.56 Å². The molecule has 0 spiro atoms. The summed E-state index contributed by atoms with van der Waals surface area (Å²) < 4.78 is 5.25. The first-order valence-electron chi connectivity index (χ1n) is 7.26. The molecule has 0 unspecified atom stereocenters. The summed E-state index contributed by atoms with van der Waals surface area (Å²) in [6, 6.07) is 11.9. The van der Waals surface area contributed by atoms with Gasteiger partial charge < -0.3 is 4.74 Å². The Kier molecular flexibility index (Phi) is 5.50. The van der Waals surface area contributed by atoms with E-state index in [-0.39, 0.29) is 12.6 Å². The van der Waals surface area contributed by atoms with Crippen LogP contribution in [0.2, 0.25) is 0 Å². The molecule has 2 aromatic rings. The van der Waals surface area contributed by atoms with Gasteiger partial charge in [-0.3, -0.25) is 9.78 Å². The van der Waals surface area contributed by atoms with Crippen molar-refractivity contribution in [1.82, 2.24) is 4.98 Å². The average Bonchev–Trinajstić information content (AvgIpc) is 2.48. The summed E-state index contributed by atoms with van der Waals surface area (Å²) in [6.45, 7) is 4.67. The Hall–Kier alpha value is -2.16. The molecule has 0 bridgehead atoms. The molecule has 0 atom stereocenters. The lowest BCUT2D eigenvalue weighted by atomic mass is 10.0. The van der Waals surface area contributed by atoms with Crippen LogP contribution in [0.4, 0.5) is 0 Å². The maximum absolute atomic E-state index is 11.8. The first-order valence-corrected chi connectivity index (χ1v) is 7.26. The summed E-state index contributed by atoms with van der Waals surface area (Å²) >= 11 is 0. The van der Waals surface area contributed by atoms with Gasteiger partial charge in [0.15, 0.2) is 0 Å². The van der Waals surface area contributed by atoms with Crippen LogP contribution in [-0.2, 0) is 29.0 Å². The van der Waals surface area contributed by atoms with Crippen molar-refractivity contribution in [2.45, 2.75) is 33.3 Å². The minimum Gasteiger partial charge on any atom is -0.460 e. The highest BCUT2D eigenvalue weighted by Crippen LogP contribution is 2.11. The van der Waals surface area contributed by atoms with Crippen LogP contribution in [0.25, 0.3) is 0 Å². The first-order chi connectivity index (χ1) is 10.1. The smallest absolute Gasteiger partial charge is 0.310 e. The van der Waals surface area contributed by atoms with Crippen molar-refractivity contribution in [2.75, 3.05) is 0 Å². The normalized spacial score (nSPS) is 10.6. The number of nitrogens with zero attached hydrogens (tertiary/aromatic N) is 1. The van der Waals surface area contributed by atoms with Crippen molar-refractivity contribution in [3.8, 4) is 0 Å². The van der Waals surface area contributed by atoms with E-state index in [0.717, 1.165) is 17.5 Å². The second-order valence-corrected chi connectivity index (χ2v) is 5.61. The second-order valence-electron chi connectivity index (χ2n) is 5.61. The Morgan fingerprint density at radius 3 is 2.43 bits per heavy atom. The lowest BCUT2D eigenvalue weighted by Gasteiger charge is -2.07. The van der Waals surface area contributed by atoms with E-state index in [1.807, 2.05) is 24.3 Å². The van der Waals surface area contributed by atoms with Gasteiger partial charge in [-0.05, 0) is 29.5 Å². The lowest BCUT2D eigenvalue weighted by Crippen LogP contribution is -2.08. The lowest BCUT2D eigenvalue weighted by molar-refractivity contribution is -0.144. The molecule has 3 nitrogen and oxygen atoms in total. The molecule has 0 radical (unpaired) electrons. The number of carbonyl (C=O) groups excluding carboxylic acids is 1. The van der Waals surface area contributed by atoms with Crippen molar-refractivity contribution >= 4 is 5.97 Å². The molecular formula is C18H21NO2. The van der Waals surface area contributed by atoms with Crippen molar-refractivity contribution < 1.29 is 9.53 Å². The van der Waals surface area contributed by atoms with E-state index < -0.39 is 0 Å². The monoisotopic (exact) mass is 283 g/mol. The van der Waals surface area contributed by atoms with E-state index in [1.54, 1.807) is 12.4 Å². The molecule has 1 aromatic heterocycles. The third kappa shape index (κ3) is 5.38. The van der Waals surface area contributed by atoms with Crippen LogP contribution in [0.15, 0.2) is 48.8 Å². The third-order valence-corrected chi connectivity index (χ3v) is 3.14. The molecular weight excluding hydrogens is 262 g/mol. The van der Waals surface area contributed by atoms with Gasteiger partial charge in [0.05, 0.1) is 6.42 Å². The number of esters is 1. The summed E-state index contributed by atoms with van der Waals surface area (Å²) in [4.78, 5) is 15.8. The van der Waals surface area contributed by atoms with Gasteiger partial charge in [0.25, 0.3) is 0 Å². The quantitative estimate of drug-likeness (QED) is 0.761. The van der Waals surface area contributed by atoms with Gasteiger partial charge in [-0.2, -0.15) is 0 Å². The minimum absolute atomic E-state index is 0.213. The molecule has 0 saturated carbocycles. The van der Waals surface area contributed by atoms with Crippen LogP contribution >= 0.6 is 0 Å². The summed E-state index contributed by atoms with van der Waals surface area (Å²) in [5.41, 5.74) is 3.19. The largest absolute Gasteiger partial charge is 0.460 e. The summed E-state index contributed by atoms with van der Waals surface area (Å²) in [5.74, 6) is 0.427. The van der Waals surface area contributed by atoms with Crippen LogP contribution in [0.5, 0.6) is 0 Å². The number of aromatic nitrogens is 1. The van der Waals surface area contributed by atoms with Gasteiger partial charge >= 0.3 is 5.97 Å². The number of carbonyl (C=O) groups is 1. The fourth-order valence-electron chi connectivity index (χ4n) is 2.13. The van der Waals surface area contributed by atoms with Gasteiger partial charge in [-0.15, -0.1) is 0 Å². The average molecular weight is 283 g/mol. The molecule has 0 aliphatic heterocycles. The maximum Gasteiger partial charge on any atom is 0.310 e. The summed E-state index contributed by atoms with van der Waals surface area (Å²) in [6.07, 6.45) is 4.77. The predicted molar refractivity (Wildman–Crippen MR) is 82.7 cm³/mol. The van der Waals surface area contributed by atoms with Crippen molar-refractivity contribution in [3.63, 3.8) is 0 Å². The highest BCUT2D eigenvalue weighted by Gasteiger charge is 2.06. The molecule has 110 valence electrons. The molecule has 2 rings (SSSR count). The molecule has 0 aliphatic carbocycles. The van der Waals surface area contributed by atoms with Crippen LogP contribution in [-0.4, -0.2) is 11.0 Å². The Morgan fingerprint density at radius 2 is 1.81 bits per heavy atom. The minimum atomic E-state index is -0.213. The maximum atomic E-state index is 11.8. The van der Waals surface area contributed by atoms with E-state index in [4.69, 9.17) is 4.74 Å². The zero-order chi connectivity index (χ0) is 15.1. The summed E-state index contributed by atoms with van der Waals surface area (Å²) in [7, 11) is 0. The standard InChI is InChI=1S/C18H21NO2/c1-14(2)10-15-5-7-16(8-6-15)11-18(20)21-13-17-4-3-9-19-12-17/h3-9,12,14H,10-11,13H2,1-2H3. The Morgan fingerprint density at radius 1 is 1.10 bits per heavy atom. The van der Waals surface area contributed by atoms with Gasteiger partial charge in [0, 0.05) is 18.0 Å². The highest BCUT2D eigenvalue weighted by molar-refractivity contribution is 5.72. The van der Waals surface area contributed by atoms with Gasteiger partial charge in [0.2, 0.25) is 0 Å². The SMILES string of the molecule is CC(C)Cc1ccc(CC(=O)OCc2cccnc2)cc1. The van der Waals surface area contributed by atoms with E-state index in [2.05, 4.69) is 31.0 Å². The number of benzene rings is 1. The molecule has 21 heavy (non-hydrogen) atoms. The molecule has 0 aliphatic rings. The zero-order valence-corrected chi connectivity index (χ0v) is 12.6. The fraction of sp³-hybridized carbons (Fsp3) is 0.333. The molecule has 0 amide bonds. The number of hydrogen-bond acceptors (Lipinski definition) is 3. The number of ether oxygens (including phenoxy) is 1. The fourth-order valence-corrected chi connectivity index (χ4v) is 2.13. The van der Waals surface area contributed by atoms with Crippen molar-refractivity contribution in [2.24, 2.45) is 5.92 Å². The molecule has 1 aromatic carbocycles. The Bertz CT molecular complexity index is 562. The van der Waals surface area contributed by atoms with Crippen LogP contribution < -0.4 is 0 Å². The predicted octanol–water partition coefficient (Wildman–Crippen LogP) is 3.57. The first kappa shape index (κ1) is 15.2. The van der Waals surface area contributed by atoms with Gasteiger partial charge in [0.1, 0.15) is 6.61 Å². The zero-order valence-electron chi connectivity index (χ0n) is 12.6. The summed E-state index contributed by atoms with van der Waals surface area (Å²) in [5, 5.41) is 0. The van der Waals surface area contributed by atoms with E-state index >= 15 is 0 Å². The number of rotatable bonds is 6. The van der Waals surface area contributed by atoms with Crippen LogP contribution in [0, 0.1) is 5.92 Å². The molecule has 0 fully saturated rings. The Balaban J connectivity index is 1.82. The Labute approximate surface area is 126 Å². The van der Waals surface area contributed by atoms with Crippen molar-refractivity contribution in [3.05, 3.63) is 65.5 Å². The molecule has 3 heteroatoms. The van der Waals surface area contributed by atoms with Crippen LogP contribution in [0.1, 0.15) is 30.5 Å². The van der Waals surface area contributed by atoms with E-state index in [0.29, 0.717) is 12.3 Å². The molecule has 0 saturated heterocycles. The topological polar surface area (TPSA) is 39.2 Å². The van der Waals surface area contributed by atoms with Gasteiger partial charge in [-0.25, -0.2) is 0 Å². The second kappa shape index (κ2) is 7.58. The number of pyridine rings is 1. The number of hydrogen-bond donors (Lipinski definition) is 0. The third-order valence-electron chi connectivity index (χ3n) is 3.14. The molecule has 1 heterocycles. The van der Waals surface area contributed by atoms with Crippen LogP contribution in [0.3, 0.4) is 0 Å². The van der Waals surface area contributed by atoms with E-state index in [9.17, 15) is 4.79 Å². The van der Waals surface area contributed by atoms with Gasteiger partial charge in [-0.1, -0.05) is 44.2 Å². The molecule has 0 N–H and O–H groups in total. The van der Waals surface area contributed by atoms with Crippen molar-refractivity contribution in [1.29, 1.82) is 0 Å².